The Bertz CT molecular complexity index is 1620. The van der Waals surface area contributed by atoms with Gasteiger partial charge in [-0.1, -0.05) is 78.9 Å². The molecule has 0 bridgehead atoms. The highest BCUT2D eigenvalue weighted by Crippen LogP contribution is 2.37. The predicted octanol–water partition coefficient (Wildman–Crippen LogP) is 7.65. The van der Waals surface area contributed by atoms with Crippen LogP contribution in [-0.4, -0.2) is 11.8 Å². The van der Waals surface area contributed by atoms with Crippen molar-refractivity contribution in [2.45, 2.75) is 32.5 Å². The lowest BCUT2D eigenvalue weighted by molar-refractivity contribution is -0.0203. The molecule has 0 saturated heterocycles. The summed E-state index contributed by atoms with van der Waals surface area (Å²) in [6.07, 6.45) is -0.539. The number of ether oxygens (including phenoxy) is 2. The highest BCUT2D eigenvalue weighted by molar-refractivity contribution is 5.97. The van der Waals surface area contributed by atoms with Crippen LogP contribution in [-0.2, 0) is 9.47 Å². The number of carbonyl (C=O) groups is 1. The largest absolute Gasteiger partial charge is 0.509 e. The second kappa shape index (κ2) is 9.34. The average Bonchev–Trinajstić information content (AvgIpc) is 2.87. The Hall–Kier alpha value is -4.38. The van der Waals surface area contributed by atoms with Gasteiger partial charge >= 0.3 is 6.16 Å². The van der Waals surface area contributed by atoms with Crippen LogP contribution in [0.2, 0.25) is 0 Å². The number of rotatable bonds is 4. The summed E-state index contributed by atoms with van der Waals surface area (Å²) in [5.74, 6) is 0. The molecule has 1 aromatic heterocycles. The molecule has 4 aromatic carbocycles. The van der Waals surface area contributed by atoms with Gasteiger partial charge in [-0.3, -0.25) is 4.79 Å². The van der Waals surface area contributed by atoms with Crippen LogP contribution in [0.3, 0.4) is 0 Å². The van der Waals surface area contributed by atoms with Gasteiger partial charge in [-0.2, -0.15) is 0 Å². The lowest BCUT2D eigenvalue weighted by Crippen LogP contribution is -2.27. The van der Waals surface area contributed by atoms with Crippen molar-refractivity contribution in [3.05, 3.63) is 119 Å². The van der Waals surface area contributed by atoms with Crippen molar-refractivity contribution in [1.29, 1.82) is 0 Å². The SMILES string of the molecule is CC(C)(C)OC(=O)OC(c1ccccc1-c1cccc2ccccc12)c1coc2ccccc2c1=O. The molecule has 0 spiro atoms. The predicted molar refractivity (Wildman–Crippen MR) is 141 cm³/mol. The third kappa shape index (κ3) is 4.60. The maximum Gasteiger partial charge on any atom is 0.509 e. The van der Waals surface area contributed by atoms with E-state index in [1.54, 1.807) is 45.0 Å². The van der Waals surface area contributed by atoms with Crippen LogP contribution in [0.15, 0.2) is 106 Å². The lowest BCUT2D eigenvalue weighted by Gasteiger charge is -2.24. The van der Waals surface area contributed by atoms with E-state index in [0.717, 1.165) is 21.9 Å². The molecule has 5 aromatic rings. The fraction of sp³-hybridized carbons (Fsp3) is 0.161. The zero-order chi connectivity index (χ0) is 25.3. The van der Waals surface area contributed by atoms with E-state index in [4.69, 9.17) is 13.9 Å². The van der Waals surface area contributed by atoms with Crippen molar-refractivity contribution >= 4 is 27.9 Å². The lowest BCUT2D eigenvalue weighted by atomic mass is 9.90. The van der Waals surface area contributed by atoms with Gasteiger partial charge in [0.15, 0.2) is 11.5 Å². The summed E-state index contributed by atoms with van der Waals surface area (Å²) in [5.41, 5.74) is 2.12. The summed E-state index contributed by atoms with van der Waals surface area (Å²) >= 11 is 0. The van der Waals surface area contributed by atoms with Gasteiger partial charge in [0, 0.05) is 5.56 Å². The van der Waals surface area contributed by atoms with Gasteiger partial charge in [-0.25, -0.2) is 4.79 Å². The summed E-state index contributed by atoms with van der Waals surface area (Å²) in [4.78, 5) is 26.5. The maximum absolute atomic E-state index is 13.6. The van der Waals surface area contributed by atoms with Crippen molar-refractivity contribution in [3.8, 4) is 11.1 Å². The van der Waals surface area contributed by atoms with Crippen LogP contribution in [0, 0.1) is 0 Å². The minimum atomic E-state index is -1.05. The summed E-state index contributed by atoms with van der Waals surface area (Å²) in [6, 6.07) is 28.8. The number of fused-ring (bicyclic) bond motifs is 2. The van der Waals surface area contributed by atoms with Crippen LogP contribution in [0.25, 0.3) is 32.9 Å². The molecule has 0 radical (unpaired) electrons. The van der Waals surface area contributed by atoms with Crippen molar-refractivity contribution in [2.24, 2.45) is 0 Å². The molecule has 180 valence electrons. The van der Waals surface area contributed by atoms with Gasteiger partial charge in [-0.15, -0.1) is 0 Å². The Morgan fingerprint density at radius 1 is 0.750 bits per heavy atom. The smallest absolute Gasteiger partial charge is 0.464 e. The fourth-order valence-corrected chi connectivity index (χ4v) is 4.37. The van der Waals surface area contributed by atoms with Crippen LogP contribution in [0.5, 0.6) is 0 Å². The molecule has 0 saturated carbocycles. The first-order chi connectivity index (χ1) is 17.3. The topological polar surface area (TPSA) is 65.7 Å². The number of hydrogen-bond acceptors (Lipinski definition) is 5. The van der Waals surface area contributed by atoms with Crippen molar-refractivity contribution < 1.29 is 18.7 Å². The highest BCUT2D eigenvalue weighted by atomic mass is 16.7. The van der Waals surface area contributed by atoms with Gasteiger partial charge in [0.05, 0.1) is 10.9 Å². The molecule has 5 rings (SSSR count). The Morgan fingerprint density at radius 2 is 1.39 bits per heavy atom. The van der Waals surface area contributed by atoms with E-state index in [0.29, 0.717) is 16.5 Å². The van der Waals surface area contributed by atoms with Crippen LogP contribution < -0.4 is 5.43 Å². The first kappa shape index (κ1) is 23.4. The minimum Gasteiger partial charge on any atom is -0.464 e. The first-order valence-electron chi connectivity index (χ1n) is 11.8. The molecule has 36 heavy (non-hydrogen) atoms. The number of benzene rings is 4. The summed E-state index contributed by atoms with van der Waals surface area (Å²) in [6.45, 7) is 5.28. The minimum absolute atomic E-state index is 0.215. The van der Waals surface area contributed by atoms with E-state index < -0.39 is 17.9 Å². The molecule has 0 fully saturated rings. The molecule has 1 heterocycles. The summed E-state index contributed by atoms with van der Waals surface area (Å²) in [5, 5.41) is 2.55. The van der Waals surface area contributed by atoms with Gasteiger partial charge in [0.25, 0.3) is 0 Å². The van der Waals surface area contributed by atoms with E-state index in [1.807, 2.05) is 60.7 Å². The zero-order valence-electron chi connectivity index (χ0n) is 20.4. The molecule has 1 unspecified atom stereocenters. The number of hydrogen-bond donors (Lipinski definition) is 0. The van der Waals surface area contributed by atoms with Crippen molar-refractivity contribution in [2.75, 3.05) is 0 Å². The van der Waals surface area contributed by atoms with Gasteiger partial charge in [0.1, 0.15) is 17.4 Å². The fourth-order valence-electron chi connectivity index (χ4n) is 4.37. The Balaban J connectivity index is 1.72. The number of para-hydroxylation sites is 1. The molecule has 0 aliphatic heterocycles. The summed E-state index contributed by atoms with van der Waals surface area (Å²) in [7, 11) is 0. The van der Waals surface area contributed by atoms with Crippen molar-refractivity contribution in [1.82, 2.24) is 0 Å². The molecule has 5 heteroatoms. The highest BCUT2D eigenvalue weighted by Gasteiger charge is 2.29. The van der Waals surface area contributed by atoms with E-state index >= 15 is 0 Å². The second-order valence-electron chi connectivity index (χ2n) is 9.59. The standard InChI is InChI=1S/C31H26O5/c1-31(2,3)36-30(33)35-29(26-19-34-27-18-9-8-16-25(27)28(26)32)24-15-7-6-14-23(24)22-17-10-12-20-11-4-5-13-21(20)22/h4-19,29H,1-3H3. The van der Waals surface area contributed by atoms with Gasteiger partial charge in [0.2, 0.25) is 0 Å². The molecule has 0 aliphatic carbocycles. The van der Waals surface area contributed by atoms with E-state index in [2.05, 4.69) is 6.07 Å². The van der Waals surface area contributed by atoms with Crippen LogP contribution in [0.1, 0.15) is 38.0 Å². The monoisotopic (exact) mass is 478 g/mol. The molecular weight excluding hydrogens is 452 g/mol. The molecule has 1 atom stereocenters. The van der Waals surface area contributed by atoms with Crippen LogP contribution >= 0.6 is 0 Å². The van der Waals surface area contributed by atoms with Gasteiger partial charge < -0.3 is 13.9 Å². The third-order valence-corrected chi connectivity index (χ3v) is 5.92. The Kier molecular flexibility index (Phi) is 6.06. The first-order valence-corrected chi connectivity index (χ1v) is 11.8. The quantitative estimate of drug-likeness (QED) is 0.248. The van der Waals surface area contributed by atoms with Gasteiger partial charge in [-0.05, 0) is 54.8 Å². The Labute approximate surface area is 208 Å². The molecular formula is C31H26O5. The normalized spacial score (nSPS) is 12.4. The molecule has 0 N–H and O–H groups in total. The average molecular weight is 479 g/mol. The Morgan fingerprint density at radius 3 is 2.19 bits per heavy atom. The maximum atomic E-state index is 13.6. The zero-order valence-corrected chi connectivity index (χ0v) is 20.4. The number of carbonyl (C=O) groups excluding carboxylic acids is 1. The molecule has 0 aliphatic rings. The van der Waals surface area contributed by atoms with E-state index in [9.17, 15) is 9.59 Å². The second-order valence-corrected chi connectivity index (χ2v) is 9.59. The molecule has 0 amide bonds. The van der Waals surface area contributed by atoms with E-state index in [-0.39, 0.29) is 11.0 Å². The van der Waals surface area contributed by atoms with Crippen molar-refractivity contribution in [3.63, 3.8) is 0 Å². The van der Waals surface area contributed by atoms with Crippen LogP contribution in [0.4, 0.5) is 4.79 Å². The van der Waals surface area contributed by atoms with E-state index in [1.165, 1.54) is 6.26 Å². The third-order valence-electron chi connectivity index (χ3n) is 5.92. The molecule has 5 nitrogen and oxygen atoms in total. The summed E-state index contributed by atoms with van der Waals surface area (Å²) < 4.78 is 17.1.